The van der Waals surface area contributed by atoms with E-state index in [0.29, 0.717) is 0 Å². The van der Waals surface area contributed by atoms with Gasteiger partial charge in [0.25, 0.3) is 0 Å². The molecule has 128 valence electrons. The molecular formula is C16H20F3NO2S. The van der Waals surface area contributed by atoms with Gasteiger partial charge in [0, 0.05) is 13.1 Å². The zero-order valence-corrected chi connectivity index (χ0v) is 13.6. The lowest BCUT2D eigenvalue weighted by Crippen LogP contribution is -2.44. The molecular weight excluding hydrogens is 327 g/mol. The Morgan fingerprint density at radius 1 is 1.04 bits per heavy atom. The van der Waals surface area contributed by atoms with Crippen molar-refractivity contribution in [3.05, 3.63) is 29.3 Å². The van der Waals surface area contributed by atoms with Crippen LogP contribution in [0.2, 0.25) is 0 Å². The van der Waals surface area contributed by atoms with Crippen LogP contribution in [0, 0.1) is 5.92 Å². The number of aryl methyl sites for hydroxylation is 2. The molecule has 3 rings (SSSR count). The maximum absolute atomic E-state index is 12.9. The summed E-state index contributed by atoms with van der Waals surface area (Å²) in [6, 6.07) is 5.00. The molecule has 23 heavy (non-hydrogen) atoms. The van der Waals surface area contributed by atoms with Crippen LogP contribution in [-0.4, -0.2) is 32.0 Å². The second-order valence-corrected chi connectivity index (χ2v) is 8.32. The summed E-state index contributed by atoms with van der Waals surface area (Å²) in [7, 11) is -3.86. The first kappa shape index (κ1) is 16.8. The molecule has 1 aromatic rings. The van der Waals surface area contributed by atoms with Crippen molar-refractivity contribution >= 4 is 10.0 Å². The number of piperidine rings is 1. The van der Waals surface area contributed by atoms with Crippen LogP contribution in [0.15, 0.2) is 23.1 Å². The molecule has 1 aromatic carbocycles. The van der Waals surface area contributed by atoms with Gasteiger partial charge in [-0.2, -0.15) is 17.5 Å². The van der Waals surface area contributed by atoms with Crippen LogP contribution >= 0.6 is 0 Å². The van der Waals surface area contributed by atoms with E-state index in [0.717, 1.165) is 41.1 Å². The Labute approximate surface area is 134 Å². The molecule has 1 aliphatic carbocycles. The molecule has 1 atom stereocenters. The average Bonchev–Trinajstić information content (AvgIpc) is 2.53. The Balaban J connectivity index is 1.86. The summed E-state index contributed by atoms with van der Waals surface area (Å²) in [5, 5.41) is 0. The molecule has 0 aromatic heterocycles. The molecule has 2 aliphatic rings. The Hall–Kier alpha value is -1.08. The van der Waals surface area contributed by atoms with E-state index in [9.17, 15) is 21.6 Å². The maximum Gasteiger partial charge on any atom is 0.393 e. The van der Waals surface area contributed by atoms with Crippen LogP contribution in [0.25, 0.3) is 0 Å². The van der Waals surface area contributed by atoms with Crippen molar-refractivity contribution in [1.82, 2.24) is 4.31 Å². The van der Waals surface area contributed by atoms with Gasteiger partial charge in [0.15, 0.2) is 0 Å². The summed E-state index contributed by atoms with van der Waals surface area (Å²) >= 11 is 0. The Kier molecular flexibility index (Phi) is 4.44. The van der Waals surface area contributed by atoms with Gasteiger partial charge in [0.1, 0.15) is 0 Å². The molecule has 1 unspecified atom stereocenters. The SMILES string of the molecule is O=S(=O)(c1ccc2c(c1)CCCC2)N1CCCC(C(F)(F)F)C1. The van der Waals surface area contributed by atoms with Crippen LogP contribution in [0.1, 0.15) is 36.8 Å². The standard InChI is InChI=1S/C16H20F3NO2S/c17-16(18,19)14-6-3-9-20(11-14)23(21,22)15-8-7-12-4-1-2-5-13(12)10-15/h7-8,10,14H,1-6,9,11H2. The highest BCUT2D eigenvalue weighted by Gasteiger charge is 2.44. The largest absolute Gasteiger partial charge is 0.393 e. The highest BCUT2D eigenvalue weighted by Crippen LogP contribution is 2.35. The first-order chi connectivity index (χ1) is 10.8. The number of rotatable bonds is 2. The number of nitrogens with zero attached hydrogens (tertiary/aromatic N) is 1. The molecule has 0 spiro atoms. The van der Waals surface area contributed by atoms with E-state index in [2.05, 4.69) is 0 Å². The molecule has 1 heterocycles. The number of sulfonamides is 1. The van der Waals surface area contributed by atoms with E-state index in [1.807, 2.05) is 6.07 Å². The van der Waals surface area contributed by atoms with Gasteiger partial charge in [0.2, 0.25) is 10.0 Å². The minimum atomic E-state index is -4.34. The van der Waals surface area contributed by atoms with E-state index in [1.165, 1.54) is 6.07 Å². The Bertz CT molecular complexity index is 685. The topological polar surface area (TPSA) is 37.4 Å². The predicted molar refractivity (Wildman–Crippen MR) is 80.6 cm³/mol. The highest BCUT2D eigenvalue weighted by molar-refractivity contribution is 7.89. The van der Waals surface area contributed by atoms with Crippen molar-refractivity contribution < 1.29 is 21.6 Å². The molecule has 0 bridgehead atoms. The second kappa shape index (κ2) is 6.09. The third-order valence-electron chi connectivity index (χ3n) is 4.80. The quantitative estimate of drug-likeness (QED) is 0.821. The number of fused-ring (bicyclic) bond motifs is 1. The van der Waals surface area contributed by atoms with Crippen LogP contribution in [0.4, 0.5) is 13.2 Å². The molecule has 0 radical (unpaired) electrons. The summed E-state index contributed by atoms with van der Waals surface area (Å²) in [6.45, 7) is -0.311. The van der Waals surface area contributed by atoms with E-state index in [4.69, 9.17) is 0 Å². The maximum atomic E-state index is 12.9. The van der Waals surface area contributed by atoms with E-state index in [1.54, 1.807) is 6.07 Å². The Morgan fingerprint density at radius 2 is 1.74 bits per heavy atom. The number of halogens is 3. The molecule has 1 fully saturated rings. The lowest BCUT2D eigenvalue weighted by Gasteiger charge is -2.33. The number of alkyl halides is 3. The van der Waals surface area contributed by atoms with Crippen molar-refractivity contribution in [2.24, 2.45) is 5.92 Å². The summed E-state index contributed by atoms with van der Waals surface area (Å²) in [5.41, 5.74) is 2.17. The van der Waals surface area contributed by atoms with Crippen molar-refractivity contribution in [2.45, 2.75) is 49.6 Å². The van der Waals surface area contributed by atoms with Gasteiger partial charge in [-0.3, -0.25) is 0 Å². The number of benzene rings is 1. The van der Waals surface area contributed by atoms with Crippen molar-refractivity contribution in [2.75, 3.05) is 13.1 Å². The minimum Gasteiger partial charge on any atom is -0.207 e. The molecule has 1 aliphatic heterocycles. The molecule has 3 nitrogen and oxygen atoms in total. The molecule has 0 amide bonds. The van der Waals surface area contributed by atoms with E-state index < -0.39 is 28.7 Å². The summed E-state index contributed by atoms with van der Waals surface area (Å²) in [6.07, 6.45) is -0.202. The van der Waals surface area contributed by atoms with Crippen molar-refractivity contribution in [1.29, 1.82) is 0 Å². The van der Waals surface area contributed by atoms with E-state index >= 15 is 0 Å². The van der Waals surface area contributed by atoms with Crippen molar-refractivity contribution in [3.8, 4) is 0 Å². The third kappa shape index (κ3) is 3.40. The number of hydrogen-bond acceptors (Lipinski definition) is 2. The predicted octanol–water partition coefficient (Wildman–Crippen LogP) is 3.53. The first-order valence-corrected chi connectivity index (χ1v) is 9.41. The van der Waals surface area contributed by atoms with Gasteiger partial charge < -0.3 is 0 Å². The lowest BCUT2D eigenvalue weighted by molar-refractivity contribution is -0.182. The zero-order valence-electron chi connectivity index (χ0n) is 12.8. The normalized spacial score (nSPS) is 23.5. The van der Waals surface area contributed by atoms with Gasteiger partial charge in [0.05, 0.1) is 10.8 Å². The second-order valence-electron chi connectivity index (χ2n) is 6.38. The number of hydrogen-bond donors (Lipinski definition) is 0. The third-order valence-corrected chi connectivity index (χ3v) is 6.67. The summed E-state index contributed by atoms with van der Waals surface area (Å²) in [5.74, 6) is -1.57. The van der Waals surface area contributed by atoms with Gasteiger partial charge in [-0.05, 0) is 61.8 Å². The van der Waals surface area contributed by atoms with Crippen LogP contribution in [0.3, 0.4) is 0 Å². The van der Waals surface area contributed by atoms with Gasteiger partial charge >= 0.3 is 6.18 Å². The zero-order chi connectivity index (χ0) is 16.7. The molecule has 1 saturated heterocycles. The van der Waals surface area contributed by atoms with Crippen molar-refractivity contribution in [3.63, 3.8) is 0 Å². The molecule has 7 heteroatoms. The highest BCUT2D eigenvalue weighted by atomic mass is 32.2. The van der Waals surface area contributed by atoms with Crippen LogP contribution in [0.5, 0.6) is 0 Å². The Morgan fingerprint density at radius 3 is 2.43 bits per heavy atom. The fraction of sp³-hybridized carbons (Fsp3) is 0.625. The van der Waals surface area contributed by atoms with Crippen LogP contribution in [-0.2, 0) is 22.9 Å². The fourth-order valence-corrected chi connectivity index (χ4v) is 5.02. The van der Waals surface area contributed by atoms with Gasteiger partial charge in [-0.15, -0.1) is 0 Å². The summed E-state index contributed by atoms with van der Waals surface area (Å²) in [4.78, 5) is 0.126. The molecule has 0 saturated carbocycles. The smallest absolute Gasteiger partial charge is 0.207 e. The molecule has 0 N–H and O–H groups in total. The fourth-order valence-electron chi connectivity index (χ4n) is 3.45. The van der Waals surface area contributed by atoms with E-state index in [-0.39, 0.29) is 24.3 Å². The summed E-state index contributed by atoms with van der Waals surface area (Å²) < 4.78 is 65.1. The van der Waals surface area contributed by atoms with Gasteiger partial charge in [-0.25, -0.2) is 8.42 Å². The van der Waals surface area contributed by atoms with Gasteiger partial charge in [-0.1, -0.05) is 6.07 Å². The van der Waals surface area contributed by atoms with Crippen LogP contribution < -0.4 is 0 Å². The average molecular weight is 347 g/mol. The monoisotopic (exact) mass is 347 g/mol. The lowest BCUT2D eigenvalue weighted by atomic mass is 9.92. The first-order valence-electron chi connectivity index (χ1n) is 7.97. The minimum absolute atomic E-state index is 0.000290.